The van der Waals surface area contributed by atoms with Gasteiger partial charge in [0.15, 0.2) is 11.6 Å². The largest absolute Gasteiger partial charge is 0.494 e. The molecule has 0 bridgehead atoms. The molecule has 1 aromatic rings. The number of Topliss-reactive ketones (excluding diaryl/α,β-unsaturated/α-hetero) is 1. The fourth-order valence-electron chi connectivity index (χ4n) is 1.55. The summed E-state index contributed by atoms with van der Waals surface area (Å²) in [5.41, 5.74) is 0.870. The maximum atomic E-state index is 13.4. The van der Waals surface area contributed by atoms with Crippen LogP contribution in [0.2, 0.25) is 0 Å². The van der Waals surface area contributed by atoms with Gasteiger partial charge < -0.3 is 9.64 Å². The van der Waals surface area contributed by atoms with Crippen molar-refractivity contribution in [3.63, 3.8) is 0 Å². The minimum atomic E-state index is -0.357. The third kappa shape index (κ3) is 4.53. The van der Waals surface area contributed by atoms with E-state index < -0.39 is 0 Å². The van der Waals surface area contributed by atoms with Crippen LogP contribution in [0.25, 0.3) is 0 Å². The lowest BCUT2D eigenvalue weighted by Gasteiger charge is -2.16. The van der Waals surface area contributed by atoms with Crippen LogP contribution in [-0.2, 0) is 11.3 Å². The minimum absolute atomic E-state index is 0.165. The Balaban J connectivity index is 2.56. The highest BCUT2D eigenvalue weighted by atomic mass is 19.1. The summed E-state index contributed by atoms with van der Waals surface area (Å²) in [4.78, 5) is 12.8. The van der Waals surface area contributed by atoms with E-state index in [1.54, 1.807) is 13.0 Å². The third-order valence-electron chi connectivity index (χ3n) is 2.51. The van der Waals surface area contributed by atoms with Crippen molar-refractivity contribution in [2.24, 2.45) is 0 Å². The molecule has 4 heteroatoms. The first-order valence-electron chi connectivity index (χ1n) is 5.53. The Bertz CT molecular complexity index is 393. The number of ether oxygens (including phenoxy) is 1. The second-order valence-electron chi connectivity index (χ2n) is 4.16. The number of halogens is 1. The van der Waals surface area contributed by atoms with Crippen LogP contribution in [0.5, 0.6) is 5.75 Å². The number of methoxy groups -OCH3 is 1. The zero-order valence-corrected chi connectivity index (χ0v) is 10.5. The van der Waals surface area contributed by atoms with Crippen molar-refractivity contribution >= 4 is 5.78 Å². The number of carbonyl (C=O) groups is 1. The van der Waals surface area contributed by atoms with Gasteiger partial charge in [-0.3, -0.25) is 4.79 Å². The minimum Gasteiger partial charge on any atom is -0.494 e. The van der Waals surface area contributed by atoms with Crippen LogP contribution >= 0.6 is 0 Å². The molecule has 0 amide bonds. The average Bonchev–Trinajstić information content (AvgIpc) is 2.26. The predicted octanol–water partition coefficient (Wildman–Crippen LogP) is 2.25. The van der Waals surface area contributed by atoms with E-state index in [1.165, 1.54) is 13.2 Å². The topological polar surface area (TPSA) is 29.5 Å². The molecule has 0 N–H and O–H groups in total. The number of rotatable bonds is 6. The fourth-order valence-corrected chi connectivity index (χ4v) is 1.55. The summed E-state index contributed by atoms with van der Waals surface area (Å²) in [5, 5.41) is 0. The van der Waals surface area contributed by atoms with Crippen LogP contribution < -0.4 is 4.74 Å². The lowest BCUT2D eigenvalue weighted by atomic mass is 10.2. The lowest BCUT2D eigenvalue weighted by molar-refractivity contribution is -0.117. The Labute approximate surface area is 101 Å². The van der Waals surface area contributed by atoms with Gasteiger partial charge in [0, 0.05) is 19.5 Å². The molecule has 0 saturated heterocycles. The summed E-state index contributed by atoms with van der Waals surface area (Å²) in [5.74, 6) is 0.0582. The first kappa shape index (κ1) is 13.6. The molecule has 0 heterocycles. The Morgan fingerprint density at radius 2 is 2.18 bits per heavy atom. The van der Waals surface area contributed by atoms with E-state index in [0.717, 1.165) is 5.56 Å². The number of ketones is 1. The molecule has 0 atom stereocenters. The Kier molecular flexibility index (Phi) is 5.10. The summed E-state index contributed by atoms with van der Waals surface area (Å²) in [7, 11) is 3.35. The summed E-state index contributed by atoms with van der Waals surface area (Å²) in [6, 6.07) is 4.90. The molecule has 1 rings (SSSR count). The van der Waals surface area contributed by atoms with Gasteiger partial charge in [0.1, 0.15) is 5.78 Å². The van der Waals surface area contributed by atoms with Crippen LogP contribution in [0.15, 0.2) is 18.2 Å². The maximum absolute atomic E-state index is 13.4. The molecule has 0 unspecified atom stereocenters. The van der Waals surface area contributed by atoms with Gasteiger partial charge >= 0.3 is 0 Å². The normalized spacial score (nSPS) is 10.6. The van der Waals surface area contributed by atoms with E-state index in [4.69, 9.17) is 4.74 Å². The number of hydrogen-bond acceptors (Lipinski definition) is 3. The van der Waals surface area contributed by atoms with Gasteiger partial charge in [-0.2, -0.15) is 0 Å². The first-order chi connectivity index (χ1) is 8.02. The van der Waals surface area contributed by atoms with E-state index in [-0.39, 0.29) is 17.3 Å². The van der Waals surface area contributed by atoms with Gasteiger partial charge in [0.05, 0.1) is 7.11 Å². The molecule has 0 saturated carbocycles. The number of nitrogens with zero attached hydrogens (tertiary/aromatic N) is 1. The van der Waals surface area contributed by atoms with E-state index in [0.29, 0.717) is 19.5 Å². The summed E-state index contributed by atoms with van der Waals surface area (Å²) in [6.07, 6.45) is 0.523. The van der Waals surface area contributed by atoms with Crippen molar-refractivity contribution in [3.05, 3.63) is 29.6 Å². The molecule has 0 aliphatic carbocycles. The highest BCUT2D eigenvalue weighted by Gasteiger charge is 2.06. The maximum Gasteiger partial charge on any atom is 0.165 e. The van der Waals surface area contributed by atoms with Crippen molar-refractivity contribution in [2.75, 3.05) is 20.7 Å². The van der Waals surface area contributed by atoms with E-state index >= 15 is 0 Å². The molecular weight excluding hydrogens is 221 g/mol. The molecular formula is C13H18FNO2. The van der Waals surface area contributed by atoms with Gasteiger partial charge in [-0.15, -0.1) is 0 Å². The second kappa shape index (κ2) is 6.35. The predicted molar refractivity (Wildman–Crippen MR) is 64.6 cm³/mol. The summed E-state index contributed by atoms with van der Waals surface area (Å²) < 4.78 is 18.3. The molecule has 0 aliphatic rings. The molecule has 3 nitrogen and oxygen atoms in total. The number of benzene rings is 1. The van der Waals surface area contributed by atoms with E-state index in [2.05, 4.69) is 0 Å². The average molecular weight is 239 g/mol. The van der Waals surface area contributed by atoms with Gasteiger partial charge in [-0.05, 0) is 31.7 Å². The highest BCUT2D eigenvalue weighted by Crippen LogP contribution is 2.18. The SMILES string of the molecule is COc1ccc(CN(C)CCC(C)=O)cc1F. The van der Waals surface area contributed by atoms with Crippen molar-refractivity contribution in [1.82, 2.24) is 4.90 Å². The Hall–Kier alpha value is -1.42. The first-order valence-corrected chi connectivity index (χ1v) is 5.53. The molecule has 94 valence electrons. The van der Waals surface area contributed by atoms with Gasteiger partial charge in [-0.25, -0.2) is 4.39 Å². The van der Waals surface area contributed by atoms with Crippen molar-refractivity contribution in [1.29, 1.82) is 0 Å². The molecule has 0 fully saturated rings. The standard InChI is InChI=1S/C13H18FNO2/c1-10(16)6-7-15(2)9-11-4-5-13(17-3)12(14)8-11/h4-5,8H,6-7,9H2,1-3H3. The summed E-state index contributed by atoms with van der Waals surface area (Å²) >= 11 is 0. The lowest BCUT2D eigenvalue weighted by Crippen LogP contribution is -2.20. The molecule has 0 spiro atoms. The molecule has 0 aromatic heterocycles. The van der Waals surface area contributed by atoms with Crippen LogP contribution in [-0.4, -0.2) is 31.4 Å². The van der Waals surface area contributed by atoms with Crippen LogP contribution in [0, 0.1) is 5.82 Å². The Morgan fingerprint density at radius 1 is 1.47 bits per heavy atom. The van der Waals surface area contributed by atoms with Crippen LogP contribution in [0.4, 0.5) is 4.39 Å². The Morgan fingerprint density at radius 3 is 2.71 bits per heavy atom. The quantitative estimate of drug-likeness (QED) is 0.762. The molecule has 0 aliphatic heterocycles. The van der Waals surface area contributed by atoms with Gasteiger partial charge in [-0.1, -0.05) is 6.07 Å². The van der Waals surface area contributed by atoms with Crippen LogP contribution in [0.3, 0.4) is 0 Å². The molecule has 17 heavy (non-hydrogen) atoms. The monoisotopic (exact) mass is 239 g/mol. The van der Waals surface area contributed by atoms with E-state index in [9.17, 15) is 9.18 Å². The van der Waals surface area contributed by atoms with Crippen LogP contribution in [0.1, 0.15) is 18.9 Å². The zero-order chi connectivity index (χ0) is 12.8. The fraction of sp³-hybridized carbons (Fsp3) is 0.462. The number of carbonyl (C=O) groups excluding carboxylic acids is 1. The second-order valence-corrected chi connectivity index (χ2v) is 4.16. The number of hydrogen-bond donors (Lipinski definition) is 0. The summed E-state index contributed by atoms with van der Waals surface area (Å²) in [6.45, 7) is 2.87. The smallest absolute Gasteiger partial charge is 0.165 e. The zero-order valence-electron chi connectivity index (χ0n) is 10.5. The molecule has 1 aromatic carbocycles. The van der Waals surface area contributed by atoms with E-state index in [1.807, 2.05) is 18.0 Å². The van der Waals surface area contributed by atoms with Crippen molar-refractivity contribution < 1.29 is 13.9 Å². The third-order valence-corrected chi connectivity index (χ3v) is 2.51. The highest BCUT2D eigenvalue weighted by molar-refractivity contribution is 5.75. The van der Waals surface area contributed by atoms with Gasteiger partial charge in [0.25, 0.3) is 0 Å². The van der Waals surface area contributed by atoms with Crippen molar-refractivity contribution in [2.45, 2.75) is 19.9 Å². The van der Waals surface area contributed by atoms with Gasteiger partial charge in [0.2, 0.25) is 0 Å². The molecule has 0 radical (unpaired) electrons. The van der Waals surface area contributed by atoms with Crippen molar-refractivity contribution in [3.8, 4) is 5.75 Å².